The molecule has 4 aromatic rings. The van der Waals surface area contributed by atoms with Gasteiger partial charge in [0, 0.05) is 30.9 Å². The number of aromatic nitrogens is 1. The molecule has 0 saturated carbocycles. The van der Waals surface area contributed by atoms with E-state index in [0.29, 0.717) is 29.6 Å². The van der Waals surface area contributed by atoms with Gasteiger partial charge in [-0.2, -0.15) is 0 Å². The molecule has 0 saturated heterocycles. The van der Waals surface area contributed by atoms with Crippen LogP contribution in [0.4, 0.5) is 0 Å². The molecule has 1 aliphatic rings. The largest absolute Gasteiger partial charge is 0.450 e. The van der Waals surface area contributed by atoms with E-state index < -0.39 is 6.04 Å². The SMILES string of the molecule is CN(C)CCN1C(=O)c2oc3c(ccc4ccccc43)c(=O)c2C1c1ccncc1. The first-order valence-electron chi connectivity index (χ1n) is 9.90. The molecule has 0 aliphatic carbocycles. The van der Waals surface area contributed by atoms with Gasteiger partial charge in [-0.3, -0.25) is 14.6 Å². The summed E-state index contributed by atoms with van der Waals surface area (Å²) in [4.78, 5) is 34.8. The minimum absolute atomic E-state index is 0.143. The van der Waals surface area contributed by atoms with Crippen LogP contribution in [0.2, 0.25) is 0 Å². The number of amides is 1. The Bertz CT molecular complexity index is 1330. The van der Waals surface area contributed by atoms with E-state index >= 15 is 0 Å². The first-order valence-corrected chi connectivity index (χ1v) is 9.90. The third-order valence-electron chi connectivity index (χ3n) is 5.67. The van der Waals surface area contributed by atoms with Gasteiger partial charge in [0.15, 0.2) is 5.43 Å². The lowest BCUT2D eigenvalue weighted by Gasteiger charge is -2.26. The predicted octanol–water partition coefficient (Wildman–Crippen LogP) is 3.45. The van der Waals surface area contributed by atoms with Gasteiger partial charge >= 0.3 is 0 Å². The minimum Gasteiger partial charge on any atom is -0.450 e. The summed E-state index contributed by atoms with van der Waals surface area (Å²) in [7, 11) is 3.91. The summed E-state index contributed by atoms with van der Waals surface area (Å²) in [5.41, 5.74) is 1.57. The van der Waals surface area contributed by atoms with Gasteiger partial charge in [0.25, 0.3) is 5.91 Å². The van der Waals surface area contributed by atoms with Crippen molar-refractivity contribution in [3.63, 3.8) is 0 Å². The normalized spacial score (nSPS) is 16.0. The Labute approximate surface area is 173 Å². The Morgan fingerprint density at radius 3 is 2.53 bits per heavy atom. The second kappa shape index (κ2) is 7.07. The lowest BCUT2D eigenvalue weighted by atomic mass is 9.98. The summed E-state index contributed by atoms with van der Waals surface area (Å²) < 4.78 is 6.18. The highest BCUT2D eigenvalue weighted by molar-refractivity contribution is 6.06. The summed E-state index contributed by atoms with van der Waals surface area (Å²) in [5.74, 6) is -0.106. The molecule has 6 heteroatoms. The Kier molecular flexibility index (Phi) is 4.37. The summed E-state index contributed by atoms with van der Waals surface area (Å²) in [6.45, 7) is 1.16. The molecule has 0 bridgehead atoms. The lowest BCUT2D eigenvalue weighted by Crippen LogP contribution is -2.35. The number of fused-ring (bicyclic) bond motifs is 4. The molecule has 6 nitrogen and oxygen atoms in total. The second-order valence-corrected chi connectivity index (χ2v) is 7.82. The van der Waals surface area contributed by atoms with Crippen molar-refractivity contribution in [3.8, 4) is 0 Å². The maximum atomic E-state index is 13.6. The number of benzene rings is 2. The Morgan fingerprint density at radius 1 is 1.00 bits per heavy atom. The number of hydrogen-bond donors (Lipinski definition) is 0. The van der Waals surface area contributed by atoms with E-state index in [1.807, 2.05) is 61.5 Å². The molecular weight excluding hydrogens is 378 g/mol. The average molecular weight is 399 g/mol. The van der Waals surface area contributed by atoms with Crippen LogP contribution in [0, 0.1) is 0 Å². The first-order chi connectivity index (χ1) is 14.6. The number of hydrogen-bond acceptors (Lipinski definition) is 5. The molecular formula is C24H21N3O3. The molecule has 1 aliphatic heterocycles. The van der Waals surface area contributed by atoms with Gasteiger partial charge in [0.1, 0.15) is 5.58 Å². The van der Waals surface area contributed by atoms with E-state index in [0.717, 1.165) is 16.3 Å². The van der Waals surface area contributed by atoms with Crippen LogP contribution < -0.4 is 5.43 Å². The van der Waals surface area contributed by atoms with Crippen molar-refractivity contribution in [2.24, 2.45) is 0 Å². The van der Waals surface area contributed by atoms with E-state index in [9.17, 15) is 9.59 Å². The quantitative estimate of drug-likeness (QED) is 0.492. The molecule has 3 heterocycles. The zero-order valence-electron chi connectivity index (χ0n) is 16.8. The van der Waals surface area contributed by atoms with Crippen molar-refractivity contribution in [1.29, 1.82) is 0 Å². The van der Waals surface area contributed by atoms with E-state index in [4.69, 9.17) is 4.42 Å². The van der Waals surface area contributed by atoms with Crippen molar-refractivity contribution < 1.29 is 9.21 Å². The molecule has 30 heavy (non-hydrogen) atoms. The summed E-state index contributed by atoms with van der Waals surface area (Å²) >= 11 is 0. The van der Waals surface area contributed by atoms with Crippen LogP contribution >= 0.6 is 0 Å². The van der Waals surface area contributed by atoms with Crippen LogP contribution in [0.3, 0.4) is 0 Å². The van der Waals surface area contributed by atoms with Crippen molar-refractivity contribution in [2.75, 3.05) is 27.2 Å². The molecule has 0 radical (unpaired) electrons. The molecule has 0 fully saturated rings. The zero-order valence-corrected chi connectivity index (χ0v) is 16.8. The molecule has 0 N–H and O–H groups in total. The third-order valence-corrected chi connectivity index (χ3v) is 5.67. The van der Waals surface area contributed by atoms with Gasteiger partial charge in [-0.1, -0.05) is 30.3 Å². The molecule has 0 spiro atoms. The van der Waals surface area contributed by atoms with Crippen LogP contribution in [0.15, 0.2) is 70.1 Å². The number of nitrogens with zero attached hydrogens (tertiary/aromatic N) is 3. The zero-order chi connectivity index (χ0) is 20.8. The Morgan fingerprint density at radius 2 is 1.77 bits per heavy atom. The van der Waals surface area contributed by atoms with Crippen LogP contribution in [0.25, 0.3) is 21.7 Å². The lowest BCUT2D eigenvalue weighted by molar-refractivity contribution is 0.0716. The number of rotatable bonds is 4. The van der Waals surface area contributed by atoms with E-state index in [-0.39, 0.29) is 17.1 Å². The maximum Gasteiger partial charge on any atom is 0.290 e. The molecule has 5 rings (SSSR count). The number of carbonyl (C=O) groups is 1. The summed E-state index contributed by atoms with van der Waals surface area (Å²) in [5, 5.41) is 2.29. The molecule has 1 atom stereocenters. The molecule has 150 valence electrons. The van der Waals surface area contributed by atoms with Crippen molar-refractivity contribution in [3.05, 3.63) is 88.0 Å². The average Bonchev–Trinajstić information content (AvgIpc) is 3.05. The highest BCUT2D eigenvalue weighted by Gasteiger charge is 2.42. The molecule has 2 aromatic heterocycles. The minimum atomic E-state index is -0.484. The summed E-state index contributed by atoms with van der Waals surface area (Å²) in [6.07, 6.45) is 3.36. The van der Waals surface area contributed by atoms with Gasteiger partial charge in [0.2, 0.25) is 5.76 Å². The van der Waals surface area contributed by atoms with Gasteiger partial charge in [0.05, 0.1) is 17.0 Å². The predicted molar refractivity (Wildman–Crippen MR) is 116 cm³/mol. The fraction of sp³-hybridized carbons (Fsp3) is 0.208. The molecule has 1 unspecified atom stereocenters. The van der Waals surface area contributed by atoms with Crippen molar-refractivity contribution >= 4 is 27.6 Å². The van der Waals surface area contributed by atoms with E-state index in [2.05, 4.69) is 4.98 Å². The van der Waals surface area contributed by atoms with E-state index in [1.165, 1.54) is 0 Å². The monoisotopic (exact) mass is 399 g/mol. The van der Waals surface area contributed by atoms with Crippen LogP contribution in [-0.4, -0.2) is 47.9 Å². The fourth-order valence-electron chi connectivity index (χ4n) is 4.18. The maximum absolute atomic E-state index is 13.6. The van der Waals surface area contributed by atoms with Crippen LogP contribution in [0.1, 0.15) is 27.7 Å². The third kappa shape index (κ3) is 2.80. The number of likely N-dealkylation sites (N-methyl/N-ethyl adjacent to an activating group) is 1. The first kappa shape index (κ1) is 18.5. The van der Waals surface area contributed by atoms with Crippen molar-refractivity contribution in [2.45, 2.75) is 6.04 Å². The number of pyridine rings is 1. The van der Waals surface area contributed by atoms with Gasteiger partial charge in [-0.05, 0) is 43.2 Å². The Hall–Kier alpha value is -3.51. The Balaban J connectivity index is 1.78. The fourth-order valence-corrected chi connectivity index (χ4v) is 4.18. The van der Waals surface area contributed by atoms with Gasteiger partial charge < -0.3 is 14.2 Å². The highest BCUT2D eigenvalue weighted by atomic mass is 16.3. The standard InChI is InChI=1S/C24H21N3O3/c1-26(2)13-14-27-20(16-9-11-25-12-10-16)19-21(28)18-8-7-15-5-3-4-6-17(15)22(18)30-23(19)24(27)29/h3-12,20H,13-14H2,1-2H3. The van der Waals surface area contributed by atoms with Crippen LogP contribution in [0.5, 0.6) is 0 Å². The van der Waals surface area contributed by atoms with Crippen LogP contribution in [-0.2, 0) is 0 Å². The highest BCUT2D eigenvalue weighted by Crippen LogP contribution is 2.38. The topological polar surface area (TPSA) is 66.7 Å². The van der Waals surface area contributed by atoms with E-state index in [1.54, 1.807) is 23.4 Å². The van der Waals surface area contributed by atoms with Crippen molar-refractivity contribution in [1.82, 2.24) is 14.8 Å². The second-order valence-electron chi connectivity index (χ2n) is 7.82. The molecule has 2 aromatic carbocycles. The van der Waals surface area contributed by atoms with Gasteiger partial charge in [-0.25, -0.2) is 0 Å². The number of carbonyl (C=O) groups excluding carboxylic acids is 1. The molecule has 1 amide bonds. The van der Waals surface area contributed by atoms with Gasteiger partial charge in [-0.15, -0.1) is 0 Å². The smallest absolute Gasteiger partial charge is 0.290 e. The summed E-state index contributed by atoms with van der Waals surface area (Å²) in [6, 6.07) is 14.6.